The molecule has 1 aliphatic carbocycles. The van der Waals surface area contributed by atoms with Crippen LogP contribution in [0.5, 0.6) is 0 Å². The molecule has 0 bridgehead atoms. The van der Waals surface area contributed by atoms with Crippen LogP contribution in [0.3, 0.4) is 0 Å². The molecule has 1 atom stereocenters. The van der Waals surface area contributed by atoms with Crippen molar-refractivity contribution in [3.63, 3.8) is 0 Å². The summed E-state index contributed by atoms with van der Waals surface area (Å²) in [6, 6.07) is 0. The third-order valence-corrected chi connectivity index (χ3v) is 3.69. The maximum Gasteiger partial charge on any atom is 0.252 e. The zero-order valence-electron chi connectivity index (χ0n) is 10.6. The van der Waals surface area contributed by atoms with Gasteiger partial charge in [-0.15, -0.1) is 0 Å². The number of piperidine rings is 1. The SMILES string of the molecule is O=C(Cl)C1=CCC(OCCN2CCCCC2)C=C1. The van der Waals surface area contributed by atoms with Crippen molar-refractivity contribution in [2.24, 2.45) is 0 Å². The fraction of sp³-hybridized carbons (Fsp3) is 0.643. The molecular weight excluding hydrogens is 250 g/mol. The molecule has 1 aliphatic heterocycles. The molecule has 1 heterocycles. The number of carbonyl (C=O) groups is 1. The van der Waals surface area contributed by atoms with Crippen molar-refractivity contribution >= 4 is 16.8 Å². The summed E-state index contributed by atoms with van der Waals surface area (Å²) in [5.41, 5.74) is 0.576. The van der Waals surface area contributed by atoms with Gasteiger partial charge >= 0.3 is 0 Å². The normalized spacial score (nSPS) is 24.9. The van der Waals surface area contributed by atoms with Crippen LogP contribution in [0.1, 0.15) is 25.7 Å². The van der Waals surface area contributed by atoms with Gasteiger partial charge in [-0.2, -0.15) is 0 Å². The maximum atomic E-state index is 10.9. The first-order valence-electron chi connectivity index (χ1n) is 6.68. The van der Waals surface area contributed by atoms with Crippen LogP contribution in [0.2, 0.25) is 0 Å². The maximum absolute atomic E-state index is 10.9. The number of hydrogen-bond donors (Lipinski definition) is 0. The highest BCUT2D eigenvalue weighted by Gasteiger charge is 2.14. The largest absolute Gasteiger partial charge is 0.372 e. The molecule has 0 saturated carbocycles. The Morgan fingerprint density at radius 1 is 1.39 bits per heavy atom. The monoisotopic (exact) mass is 269 g/mol. The minimum absolute atomic E-state index is 0.0922. The van der Waals surface area contributed by atoms with Crippen molar-refractivity contribution in [1.29, 1.82) is 0 Å². The third-order valence-electron chi connectivity index (χ3n) is 3.48. The average Bonchev–Trinajstić information content (AvgIpc) is 2.40. The lowest BCUT2D eigenvalue weighted by atomic mass is 10.1. The molecule has 0 N–H and O–H groups in total. The number of allylic oxidation sites excluding steroid dienone is 2. The summed E-state index contributed by atoms with van der Waals surface area (Å²) in [6.07, 6.45) is 10.3. The standard InChI is InChI=1S/C14H20ClNO2/c15-14(17)12-4-6-13(7-5-12)18-11-10-16-8-2-1-3-9-16/h4-6,13H,1-3,7-11H2. The van der Waals surface area contributed by atoms with Crippen LogP contribution in [0.25, 0.3) is 0 Å². The van der Waals surface area contributed by atoms with Crippen LogP contribution in [-0.4, -0.2) is 42.5 Å². The first-order valence-corrected chi connectivity index (χ1v) is 7.05. The van der Waals surface area contributed by atoms with E-state index in [0.29, 0.717) is 5.57 Å². The molecule has 4 heteroatoms. The Bertz CT molecular complexity index is 346. The highest BCUT2D eigenvalue weighted by Crippen LogP contribution is 2.15. The van der Waals surface area contributed by atoms with Gasteiger partial charge in [-0.25, -0.2) is 0 Å². The molecule has 0 aromatic carbocycles. The van der Waals surface area contributed by atoms with E-state index in [1.807, 2.05) is 12.2 Å². The summed E-state index contributed by atoms with van der Waals surface area (Å²) in [4.78, 5) is 13.4. The molecule has 2 rings (SSSR count). The number of ether oxygens (including phenoxy) is 1. The first-order chi connectivity index (χ1) is 8.75. The summed E-state index contributed by atoms with van der Waals surface area (Å²) in [5, 5.41) is -0.391. The molecule has 3 nitrogen and oxygen atoms in total. The summed E-state index contributed by atoms with van der Waals surface area (Å²) < 4.78 is 5.79. The summed E-state index contributed by atoms with van der Waals surface area (Å²) in [7, 11) is 0. The molecule has 0 aromatic rings. The lowest BCUT2D eigenvalue weighted by Gasteiger charge is -2.27. The number of nitrogens with zero attached hydrogens (tertiary/aromatic N) is 1. The van der Waals surface area contributed by atoms with Gasteiger partial charge in [-0.05, 0) is 44.0 Å². The minimum Gasteiger partial charge on any atom is -0.372 e. The molecule has 0 radical (unpaired) electrons. The molecule has 1 saturated heterocycles. The molecular formula is C14H20ClNO2. The summed E-state index contributed by atoms with van der Waals surface area (Å²) >= 11 is 5.40. The molecule has 1 unspecified atom stereocenters. The Kier molecular flexibility index (Phi) is 5.42. The van der Waals surface area contributed by atoms with Gasteiger partial charge in [-0.3, -0.25) is 4.79 Å². The van der Waals surface area contributed by atoms with E-state index in [4.69, 9.17) is 16.3 Å². The van der Waals surface area contributed by atoms with Gasteiger partial charge in [0.1, 0.15) is 0 Å². The smallest absolute Gasteiger partial charge is 0.252 e. The van der Waals surface area contributed by atoms with E-state index in [2.05, 4.69) is 4.90 Å². The lowest BCUT2D eigenvalue weighted by molar-refractivity contribution is -0.108. The van der Waals surface area contributed by atoms with E-state index < -0.39 is 5.24 Å². The second-order valence-corrected chi connectivity index (χ2v) is 5.18. The first kappa shape index (κ1) is 13.8. The Labute approximate surface area is 113 Å². The van der Waals surface area contributed by atoms with Gasteiger partial charge in [0.05, 0.1) is 12.7 Å². The van der Waals surface area contributed by atoms with Crippen LogP contribution in [0.15, 0.2) is 23.8 Å². The van der Waals surface area contributed by atoms with Gasteiger partial charge in [0.25, 0.3) is 5.24 Å². The molecule has 0 aromatic heterocycles. The van der Waals surface area contributed by atoms with E-state index in [1.54, 1.807) is 6.08 Å². The lowest BCUT2D eigenvalue weighted by Crippen LogP contribution is -2.33. The molecule has 0 spiro atoms. The van der Waals surface area contributed by atoms with Crippen LogP contribution in [-0.2, 0) is 9.53 Å². The van der Waals surface area contributed by atoms with Gasteiger partial charge < -0.3 is 9.64 Å². The van der Waals surface area contributed by atoms with E-state index in [-0.39, 0.29) is 6.10 Å². The van der Waals surface area contributed by atoms with E-state index >= 15 is 0 Å². The van der Waals surface area contributed by atoms with Gasteiger partial charge in [-0.1, -0.05) is 24.6 Å². The minimum atomic E-state index is -0.391. The van der Waals surface area contributed by atoms with E-state index in [1.165, 1.54) is 32.4 Å². The summed E-state index contributed by atoms with van der Waals surface area (Å²) in [5.74, 6) is 0. The molecule has 18 heavy (non-hydrogen) atoms. The number of likely N-dealkylation sites (tertiary alicyclic amines) is 1. The predicted octanol–water partition coefficient (Wildman–Crippen LogP) is 2.51. The van der Waals surface area contributed by atoms with Crippen molar-refractivity contribution in [2.45, 2.75) is 31.8 Å². The van der Waals surface area contributed by atoms with Crippen molar-refractivity contribution in [3.8, 4) is 0 Å². The van der Waals surface area contributed by atoms with Gasteiger partial charge in [0.2, 0.25) is 0 Å². The second-order valence-electron chi connectivity index (χ2n) is 4.84. The molecule has 100 valence electrons. The van der Waals surface area contributed by atoms with Gasteiger partial charge in [0, 0.05) is 12.1 Å². The predicted molar refractivity (Wildman–Crippen MR) is 72.7 cm³/mol. The topological polar surface area (TPSA) is 29.5 Å². The van der Waals surface area contributed by atoms with E-state index in [0.717, 1.165) is 19.6 Å². The van der Waals surface area contributed by atoms with Crippen LogP contribution >= 0.6 is 11.6 Å². The zero-order chi connectivity index (χ0) is 12.8. The quantitative estimate of drug-likeness (QED) is 0.719. The average molecular weight is 270 g/mol. The fourth-order valence-electron chi connectivity index (χ4n) is 2.39. The van der Waals surface area contributed by atoms with Crippen molar-refractivity contribution in [3.05, 3.63) is 23.8 Å². The van der Waals surface area contributed by atoms with E-state index in [9.17, 15) is 4.79 Å². The second kappa shape index (κ2) is 7.07. The third kappa shape index (κ3) is 4.23. The Balaban J connectivity index is 1.64. The molecule has 0 amide bonds. The van der Waals surface area contributed by atoms with Crippen LogP contribution in [0.4, 0.5) is 0 Å². The Morgan fingerprint density at radius 2 is 2.17 bits per heavy atom. The van der Waals surface area contributed by atoms with Crippen molar-refractivity contribution in [2.75, 3.05) is 26.2 Å². The number of carbonyl (C=O) groups excluding carboxylic acids is 1. The van der Waals surface area contributed by atoms with Crippen LogP contribution in [0, 0.1) is 0 Å². The Morgan fingerprint density at radius 3 is 2.78 bits per heavy atom. The Hall–Kier alpha value is -0.640. The van der Waals surface area contributed by atoms with Crippen molar-refractivity contribution < 1.29 is 9.53 Å². The van der Waals surface area contributed by atoms with Gasteiger partial charge in [0.15, 0.2) is 0 Å². The molecule has 1 fully saturated rings. The number of hydrogen-bond acceptors (Lipinski definition) is 3. The zero-order valence-corrected chi connectivity index (χ0v) is 11.4. The van der Waals surface area contributed by atoms with Crippen LogP contribution < -0.4 is 0 Å². The number of rotatable bonds is 5. The summed E-state index contributed by atoms with van der Waals surface area (Å²) in [6.45, 7) is 4.17. The van der Waals surface area contributed by atoms with Crippen molar-refractivity contribution in [1.82, 2.24) is 4.90 Å². The highest BCUT2D eigenvalue weighted by molar-refractivity contribution is 6.68. The number of halogens is 1. The fourth-order valence-corrected chi connectivity index (χ4v) is 2.53. The highest BCUT2D eigenvalue weighted by atomic mass is 35.5. The molecule has 2 aliphatic rings.